The first-order valence-electron chi connectivity index (χ1n) is 7.01. The molecule has 3 nitrogen and oxygen atoms in total. The fourth-order valence-corrected chi connectivity index (χ4v) is 3.72. The van der Waals surface area contributed by atoms with Gasteiger partial charge in [0.15, 0.2) is 11.5 Å². The topological polar surface area (TPSA) is 30.5 Å². The number of fused-ring (bicyclic) bond motifs is 1. The normalized spacial score (nSPS) is 19.1. The van der Waals surface area contributed by atoms with Gasteiger partial charge in [-0.05, 0) is 49.9 Å². The Labute approximate surface area is 122 Å². The van der Waals surface area contributed by atoms with E-state index in [4.69, 9.17) is 9.47 Å². The first kappa shape index (κ1) is 13.3. The Kier molecular flexibility index (Phi) is 3.99. The molecule has 0 atom stereocenters. The minimum absolute atomic E-state index is 0.765. The van der Waals surface area contributed by atoms with Crippen molar-refractivity contribution in [1.82, 2.24) is 5.32 Å². The molecule has 2 aliphatic heterocycles. The monoisotopic (exact) mass is 325 g/mol. The van der Waals surface area contributed by atoms with Gasteiger partial charge in [-0.2, -0.15) is 0 Å². The molecule has 0 aromatic heterocycles. The molecule has 104 valence electrons. The second-order valence-electron chi connectivity index (χ2n) is 5.36. The van der Waals surface area contributed by atoms with Gasteiger partial charge in [0.1, 0.15) is 0 Å². The summed E-state index contributed by atoms with van der Waals surface area (Å²) in [5.41, 5.74) is 2.65. The van der Waals surface area contributed by atoms with Crippen LogP contribution in [0, 0.1) is 5.92 Å². The standard InChI is InChI=1S/C15H20BrNO2/c1-18-13-9-11(8-10-2-5-17-6-3-10)14(16)12-4-7-19-15(12)13/h9-10,17H,2-8H2,1H3. The maximum atomic E-state index is 5.68. The summed E-state index contributed by atoms with van der Waals surface area (Å²) in [6, 6.07) is 2.15. The lowest BCUT2D eigenvalue weighted by Gasteiger charge is -2.23. The van der Waals surface area contributed by atoms with E-state index in [9.17, 15) is 0 Å². The summed E-state index contributed by atoms with van der Waals surface area (Å²) in [6.07, 6.45) is 4.64. The smallest absolute Gasteiger partial charge is 0.165 e. The van der Waals surface area contributed by atoms with Gasteiger partial charge in [0.2, 0.25) is 0 Å². The molecule has 0 aliphatic carbocycles. The van der Waals surface area contributed by atoms with Crippen LogP contribution < -0.4 is 14.8 Å². The van der Waals surface area contributed by atoms with Gasteiger partial charge < -0.3 is 14.8 Å². The Morgan fingerprint density at radius 3 is 2.95 bits per heavy atom. The second-order valence-corrected chi connectivity index (χ2v) is 6.15. The molecule has 1 aromatic carbocycles. The molecule has 1 aromatic rings. The number of ether oxygens (including phenoxy) is 2. The van der Waals surface area contributed by atoms with E-state index < -0.39 is 0 Å². The molecule has 0 unspecified atom stereocenters. The molecule has 1 fully saturated rings. The van der Waals surface area contributed by atoms with Crippen LogP contribution in [-0.2, 0) is 12.8 Å². The van der Waals surface area contributed by atoms with Crippen molar-refractivity contribution in [3.05, 3.63) is 21.7 Å². The Morgan fingerprint density at radius 1 is 1.42 bits per heavy atom. The average molecular weight is 326 g/mol. The van der Waals surface area contributed by atoms with E-state index in [0.29, 0.717) is 0 Å². The highest BCUT2D eigenvalue weighted by Gasteiger charge is 2.24. The summed E-state index contributed by atoms with van der Waals surface area (Å²) in [7, 11) is 1.72. The number of piperidine rings is 1. The maximum absolute atomic E-state index is 5.68. The molecule has 1 saturated heterocycles. The van der Waals surface area contributed by atoms with Crippen LogP contribution in [-0.4, -0.2) is 26.8 Å². The van der Waals surface area contributed by atoms with E-state index in [-0.39, 0.29) is 0 Å². The number of hydrogen-bond donors (Lipinski definition) is 1. The minimum atomic E-state index is 0.765. The number of nitrogens with one attached hydrogen (secondary N) is 1. The van der Waals surface area contributed by atoms with Crippen LogP contribution in [0.25, 0.3) is 0 Å². The zero-order valence-electron chi connectivity index (χ0n) is 11.3. The van der Waals surface area contributed by atoms with Crippen molar-refractivity contribution >= 4 is 15.9 Å². The van der Waals surface area contributed by atoms with Gasteiger partial charge >= 0.3 is 0 Å². The van der Waals surface area contributed by atoms with Gasteiger partial charge in [0, 0.05) is 16.5 Å². The van der Waals surface area contributed by atoms with Crippen LogP contribution in [0.5, 0.6) is 11.5 Å². The Hall–Kier alpha value is -0.740. The number of hydrogen-bond acceptors (Lipinski definition) is 3. The fourth-order valence-electron chi connectivity index (χ4n) is 3.06. The quantitative estimate of drug-likeness (QED) is 0.926. The maximum Gasteiger partial charge on any atom is 0.165 e. The van der Waals surface area contributed by atoms with Crippen LogP contribution >= 0.6 is 15.9 Å². The molecule has 4 heteroatoms. The highest BCUT2D eigenvalue weighted by atomic mass is 79.9. The van der Waals surface area contributed by atoms with Gasteiger partial charge in [-0.3, -0.25) is 0 Å². The Bertz CT molecular complexity index is 470. The average Bonchev–Trinajstić information content (AvgIpc) is 2.93. The van der Waals surface area contributed by atoms with Gasteiger partial charge in [0.05, 0.1) is 13.7 Å². The molecule has 2 aliphatic rings. The molecule has 2 heterocycles. The largest absolute Gasteiger partial charge is 0.493 e. The number of methoxy groups -OCH3 is 1. The van der Waals surface area contributed by atoms with Gasteiger partial charge in [-0.15, -0.1) is 0 Å². The van der Waals surface area contributed by atoms with Crippen LogP contribution in [0.15, 0.2) is 10.5 Å². The summed E-state index contributed by atoms with van der Waals surface area (Å²) in [5.74, 6) is 2.60. The Morgan fingerprint density at radius 2 is 2.21 bits per heavy atom. The van der Waals surface area contributed by atoms with Crippen LogP contribution in [0.4, 0.5) is 0 Å². The molecular weight excluding hydrogens is 306 g/mol. The summed E-state index contributed by atoms with van der Waals surface area (Å²) in [4.78, 5) is 0. The van der Waals surface area contributed by atoms with Crippen molar-refractivity contribution in [3.8, 4) is 11.5 Å². The van der Waals surface area contributed by atoms with E-state index >= 15 is 0 Å². The summed E-state index contributed by atoms with van der Waals surface area (Å²) < 4.78 is 12.4. The highest BCUT2D eigenvalue weighted by molar-refractivity contribution is 9.10. The fraction of sp³-hybridized carbons (Fsp3) is 0.600. The molecule has 0 spiro atoms. The van der Waals surface area contributed by atoms with Crippen molar-refractivity contribution in [3.63, 3.8) is 0 Å². The second kappa shape index (κ2) is 5.71. The number of rotatable bonds is 3. The molecular formula is C15H20BrNO2. The minimum Gasteiger partial charge on any atom is -0.493 e. The van der Waals surface area contributed by atoms with E-state index in [2.05, 4.69) is 27.3 Å². The lowest BCUT2D eigenvalue weighted by molar-refractivity contribution is 0.325. The number of halogens is 1. The van der Waals surface area contributed by atoms with Gasteiger partial charge in [0.25, 0.3) is 0 Å². The molecule has 3 rings (SSSR count). The molecule has 1 N–H and O–H groups in total. The van der Waals surface area contributed by atoms with Crippen molar-refractivity contribution in [2.24, 2.45) is 5.92 Å². The molecule has 0 saturated carbocycles. The summed E-state index contributed by atoms with van der Waals surface area (Å²) in [6.45, 7) is 3.06. The van der Waals surface area contributed by atoms with E-state index in [1.165, 1.54) is 28.4 Å². The Balaban J connectivity index is 1.88. The van der Waals surface area contributed by atoms with Crippen molar-refractivity contribution in [1.29, 1.82) is 0 Å². The lowest BCUT2D eigenvalue weighted by Crippen LogP contribution is -2.28. The third-order valence-corrected chi connectivity index (χ3v) is 5.12. The van der Waals surface area contributed by atoms with Gasteiger partial charge in [-0.1, -0.05) is 15.9 Å². The third kappa shape index (κ3) is 2.61. The predicted octanol–water partition coefficient (Wildman–Crippen LogP) is 2.93. The third-order valence-electron chi connectivity index (χ3n) is 4.14. The highest BCUT2D eigenvalue weighted by Crippen LogP contribution is 2.43. The first-order valence-corrected chi connectivity index (χ1v) is 7.80. The summed E-state index contributed by atoms with van der Waals surface area (Å²) in [5, 5.41) is 3.42. The van der Waals surface area contributed by atoms with E-state index in [1.807, 2.05) is 0 Å². The van der Waals surface area contributed by atoms with Crippen molar-refractivity contribution in [2.45, 2.75) is 25.7 Å². The first-order chi connectivity index (χ1) is 9.29. The van der Waals surface area contributed by atoms with Crippen molar-refractivity contribution in [2.75, 3.05) is 26.8 Å². The van der Waals surface area contributed by atoms with Gasteiger partial charge in [-0.25, -0.2) is 0 Å². The molecule has 0 radical (unpaired) electrons. The van der Waals surface area contributed by atoms with E-state index in [1.54, 1.807) is 7.11 Å². The van der Waals surface area contributed by atoms with Crippen LogP contribution in [0.1, 0.15) is 24.0 Å². The molecule has 0 amide bonds. The van der Waals surface area contributed by atoms with Crippen LogP contribution in [0.2, 0.25) is 0 Å². The van der Waals surface area contributed by atoms with E-state index in [0.717, 1.165) is 50.0 Å². The lowest BCUT2D eigenvalue weighted by atomic mass is 9.90. The van der Waals surface area contributed by atoms with Crippen molar-refractivity contribution < 1.29 is 9.47 Å². The SMILES string of the molecule is COc1cc(CC2CCNCC2)c(Br)c2c1OCC2. The zero-order valence-corrected chi connectivity index (χ0v) is 12.9. The zero-order chi connectivity index (χ0) is 13.2. The summed E-state index contributed by atoms with van der Waals surface area (Å²) >= 11 is 3.77. The molecule has 0 bridgehead atoms. The van der Waals surface area contributed by atoms with Crippen LogP contribution in [0.3, 0.4) is 0 Å². The number of benzene rings is 1. The molecule has 19 heavy (non-hydrogen) atoms. The predicted molar refractivity (Wildman–Crippen MR) is 79.2 cm³/mol.